The Morgan fingerprint density at radius 2 is 2.27 bits per heavy atom. The Kier molecular flexibility index (Phi) is 2.42. The molecule has 2 rings (SSSR count). The van der Waals surface area contributed by atoms with E-state index in [0.717, 1.165) is 0 Å². The fraction of sp³-hybridized carbons (Fsp3) is 0.222. The summed E-state index contributed by atoms with van der Waals surface area (Å²) in [5.41, 5.74) is 1.54. The number of rotatable bonds is 0. The fourth-order valence-corrected chi connectivity index (χ4v) is 3.12. The number of hydrogen-bond acceptors (Lipinski definition) is 1. The summed E-state index contributed by atoms with van der Waals surface area (Å²) < 4.78 is 1.42. The number of halogens is 1. The third-order valence-electron chi connectivity index (χ3n) is 1.80. The summed E-state index contributed by atoms with van der Waals surface area (Å²) in [6, 6.07) is 6.52. The molecule has 0 fully saturated rings. The van der Waals surface area contributed by atoms with Crippen LogP contribution in [0.3, 0.4) is 0 Å². The minimum Gasteiger partial charge on any atom is -0.121 e. The molecule has 1 aromatic rings. The zero-order chi connectivity index (χ0) is 7.68. The maximum absolute atomic E-state index is 2.42. The van der Waals surface area contributed by atoms with Crippen molar-refractivity contribution in [2.24, 2.45) is 0 Å². The zero-order valence-electron chi connectivity index (χ0n) is 6.01. The number of benzene rings is 1. The van der Waals surface area contributed by atoms with Crippen LogP contribution in [0.15, 0.2) is 23.1 Å². The van der Waals surface area contributed by atoms with Gasteiger partial charge in [0.25, 0.3) is 0 Å². The molecule has 0 N–H and O–H groups in total. The highest BCUT2D eigenvalue weighted by molar-refractivity contribution is 14.1. The Bertz CT molecular complexity index is 270. The summed E-state index contributed by atoms with van der Waals surface area (Å²) >= 11 is 4.29. The molecular formula is C9H8IS. The summed E-state index contributed by atoms with van der Waals surface area (Å²) in [7, 11) is 0. The highest BCUT2D eigenvalue weighted by Gasteiger charge is 2.11. The molecule has 0 saturated carbocycles. The highest BCUT2D eigenvalue weighted by atomic mass is 127. The highest BCUT2D eigenvalue weighted by Crippen LogP contribution is 2.34. The van der Waals surface area contributed by atoms with E-state index >= 15 is 0 Å². The summed E-state index contributed by atoms with van der Waals surface area (Å²) in [5, 5.41) is 0. The van der Waals surface area contributed by atoms with E-state index in [0.29, 0.717) is 0 Å². The molecule has 0 aromatic heterocycles. The average Bonchev–Trinajstić information content (AvgIpc) is 2.06. The molecular weight excluding hydrogens is 267 g/mol. The number of fused-ring (bicyclic) bond motifs is 1. The molecule has 1 heterocycles. The Balaban J connectivity index is 2.49. The summed E-state index contributed by atoms with van der Waals surface area (Å²) in [5.74, 6) is 2.29. The standard InChI is InChI=1S/C9H8IS/c10-8-4-1-5-9-7(8)3-2-6-11-9/h1,4-6H,2-3H2. The molecule has 0 saturated heterocycles. The lowest BCUT2D eigenvalue weighted by Gasteiger charge is -2.15. The molecule has 2 heteroatoms. The average molecular weight is 275 g/mol. The van der Waals surface area contributed by atoms with Gasteiger partial charge in [-0.2, -0.15) is 0 Å². The molecule has 11 heavy (non-hydrogen) atoms. The van der Waals surface area contributed by atoms with E-state index in [1.54, 1.807) is 5.56 Å². The Hall–Kier alpha value is 0.300. The van der Waals surface area contributed by atoms with Crippen LogP contribution in [0.2, 0.25) is 0 Å². The van der Waals surface area contributed by atoms with Gasteiger partial charge in [0.15, 0.2) is 0 Å². The van der Waals surface area contributed by atoms with Gasteiger partial charge in [0.05, 0.1) is 0 Å². The van der Waals surface area contributed by atoms with Gasteiger partial charge in [0.1, 0.15) is 0 Å². The monoisotopic (exact) mass is 275 g/mol. The fourth-order valence-electron chi connectivity index (χ4n) is 1.24. The van der Waals surface area contributed by atoms with E-state index in [2.05, 4.69) is 46.5 Å². The topological polar surface area (TPSA) is 0 Å². The number of thioether (sulfide) groups is 1. The van der Waals surface area contributed by atoms with Crippen molar-refractivity contribution in [1.29, 1.82) is 0 Å². The third kappa shape index (κ3) is 1.56. The molecule has 1 aromatic carbocycles. The smallest absolute Gasteiger partial charge is 0.0220 e. The van der Waals surface area contributed by atoms with Crippen molar-refractivity contribution in [3.63, 3.8) is 0 Å². The molecule has 0 amide bonds. The molecule has 0 atom stereocenters. The van der Waals surface area contributed by atoms with Gasteiger partial charge in [-0.25, -0.2) is 0 Å². The van der Waals surface area contributed by atoms with Gasteiger partial charge in [-0.3, -0.25) is 0 Å². The Labute approximate surface area is 84.9 Å². The first-order chi connectivity index (χ1) is 5.38. The quantitative estimate of drug-likeness (QED) is 0.653. The van der Waals surface area contributed by atoms with Crippen LogP contribution >= 0.6 is 34.4 Å². The molecule has 0 unspecified atom stereocenters. The van der Waals surface area contributed by atoms with Crippen molar-refractivity contribution in [1.82, 2.24) is 0 Å². The van der Waals surface area contributed by atoms with E-state index in [1.165, 1.54) is 21.3 Å². The molecule has 1 aliphatic heterocycles. The van der Waals surface area contributed by atoms with Crippen LogP contribution in [0, 0.1) is 9.32 Å². The first-order valence-electron chi connectivity index (χ1n) is 3.63. The number of hydrogen-bond donors (Lipinski definition) is 0. The summed E-state index contributed by atoms with van der Waals surface area (Å²) in [4.78, 5) is 1.45. The molecule has 1 radical (unpaired) electrons. The summed E-state index contributed by atoms with van der Waals surface area (Å²) in [6.07, 6.45) is 2.44. The van der Waals surface area contributed by atoms with Crippen molar-refractivity contribution in [2.75, 3.05) is 0 Å². The zero-order valence-corrected chi connectivity index (χ0v) is 8.98. The van der Waals surface area contributed by atoms with Crippen molar-refractivity contribution < 1.29 is 0 Å². The van der Waals surface area contributed by atoms with Gasteiger partial charge < -0.3 is 0 Å². The van der Waals surface area contributed by atoms with Crippen LogP contribution in [-0.2, 0) is 6.42 Å². The van der Waals surface area contributed by atoms with Gasteiger partial charge in [0, 0.05) is 14.2 Å². The maximum atomic E-state index is 2.42. The largest absolute Gasteiger partial charge is 0.121 e. The molecule has 57 valence electrons. The molecule has 1 aliphatic rings. The SMILES string of the molecule is Ic1cccc2c1CC[CH]S2. The van der Waals surface area contributed by atoms with E-state index < -0.39 is 0 Å². The van der Waals surface area contributed by atoms with Crippen LogP contribution in [0.1, 0.15) is 12.0 Å². The van der Waals surface area contributed by atoms with Gasteiger partial charge in [-0.05, 0) is 53.1 Å². The van der Waals surface area contributed by atoms with E-state index in [-0.39, 0.29) is 0 Å². The maximum Gasteiger partial charge on any atom is 0.0220 e. The lowest BCUT2D eigenvalue weighted by Crippen LogP contribution is -1.97. The molecule has 0 nitrogen and oxygen atoms in total. The third-order valence-corrected chi connectivity index (χ3v) is 3.85. The van der Waals surface area contributed by atoms with Crippen molar-refractivity contribution >= 4 is 34.4 Å². The van der Waals surface area contributed by atoms with Crippen molar-refractivity contribution in [3.8, 4) is 0 Å². The summed E-state index contributed by atoms with van der Waals surface area (Å²) in [6.45, 7) is 0. The molecule has 0 spiro atoms. The lowest BCUT2D eigenvalue weighted by molar-refractivity contribution is 0.930. The second kappa shape index (κ2) is 3.35. The van der Waals surface area contributed by atoms with E-state index in [1.807, 2.05) is 11.8 Å². The van der Waals surface area contributed by atoms with Crippen LogP contribution < -0.4 is 0 Å². The van der Waals surface area contributed by atoms with E-state index in [9.17, 15) is 0 Å². The lowest BCUT2D eigenvalue weighted by atomic mass is 10.1. The van der Waals surface area contributed by atoms with Crippen LogP contribution in [0.25, 0.3) is 0 Å². The van der Waals surface area contributed by atoms with Crippen molar-refractivity contribution in [2.45, 2.75) is 17.7 Å². The van der Waals surface area contributed by atoms with Gasteiger partial charge in [0.2, 0.25) is 0 Å². The predicted octanol–water partition coefficient (Wildman–Crippen LogP) is 3.49. The van der Waals surface area contributed by atoms with Gasteiger partial charge >= 0.3 is 0 Å². The van der Waals surface area contributed by atoms with Gasteiger partial charge in [-0.15, -0.1) is 11.8 Å². The Morgan fingerprint density at radius 3 is 3.09 bits per heavy atom. The first-order valence-corrected chi connectivity index (χ1v) is 5.59. The second-order valence-electron chi connectivity index (χ2n) is 2.54. The predicted molar refractivity (Wildman–Crippen MR) is 57.6 cm³/mol. The van der Waals surface area contributed by atoms with Crippen LogP contribution in [0.4, 0.5) is 0 Å². The van der Waals surface area contributed by atoms with Crippen molar-refractivity contribution in [3.05, 3.63) is 33.1 Å². The van der Waals surface area contributed by atoms with Gasteiger partial charge in [-0.1, -0.05) is 6.07 Å². The first kappa shape index (κ1) is 7.92. The van der Waals surface area contributed by atoms with Crippen LogP contribution in [0.5, 0.6) is 0 Å². The van der Waals surface area contributed by atoms with Crippen LogP contribution in [-0.4, -0.2) is 0 Å². The molecule has 0 aliphatic carbocycles. The minimum absolute atomic E-state index is 1.22. The Morgan fingerprint density at radius 1 is 1.36 bits per heavy atom. The second-order valence-corrected chi connectivity index (χ2v) is 4.71. The minimum atomic E-state index is 1.22. The normalized spacial score (nSPS) is 16.1. The van der Waals surface area contributed by atoms with E-state index in [4.69, 9.17) is 0 Å². The molecule has 0 bridgehead atoms.